The lowest BCUT2D eigenvalue weighted by molar-refractivity contribution is 0.0398. The molecule has 7 heteroatoms. The van der Waals surface area contributed by atoms with Crippen LogP contribution in [0, 0.1) is 0 Å². The first-order valence-corrected chi connectivity index (χ1v) is 8.67. The Labute approximate surface area is 138 Å². The summed E-state index contributed by atoms with van der Waals surface area (Å²) in [5, 5.41) is 3.37. The Bertz CT molecular complexity index is 505. The lowest BCUT2D eigenvalue weighted by Gasteiger charge is -2.35. The molecule has 0 spiro atoms. The number of hydrogen-bond acceptors (Lipinski definition) is 7. The molecule has 2 saturated heterocycles. The second-order valence-corrected chi connectivity index (χ2v) is 6.38. The van der Waals surface area contributed by atoms with Gasteiger partial charge in [-0.25, -0.2) is 9.97 Å². The molecule has 1 atom stereocenters. The average Bonchev–Trinajstić information content (AvgIpc) is 2.58. The summed E-state index contributed by atoms with van der Waals surface area (Å²) in [6.45, 7) is 8.72. The molecule has 3 N–H and O–H groups in total. The first-order chi connectivity index (χ1) is 11.3. The highest BCUT2D eigenvalue weighted by atomic mass is 16.5. The van der Waals surface area contributed by atoms with Gasteiger partial charge in [-0.15, -0.1) is 0 Å². The van der Waals surface area contributed by atoms with E-state index in [0.717, 1.165) is 57.6 Å². The lowest BCUT2D eigenvalue weighted by atomic mass is 10.0. The number of morpholine rings is 1. The highest BCUT2D eigenvalue weighted by Gasteiger charge is 2.23. The van der Waals surface area contributed by atoms with Crippen molar-refractivity contribution >= 4 is 17.3 Å². The monoisotopic (exact) mass is 320 g/mol. The van der Waals surface area contributed by atoms with E-state index in [1.54, 1.807) is 6.33 Å². The summed E-state index contributed by atoms with van der Waals surface area (Å²) in [4.78, 5) is 13.5. The van der Waals surface area contributed by atoms with Crippen molar-refractivity contribution in [2.45, 2.75) is 32.2 Å². The summed E-state index contributed by atoms with van der Waals surface area (Å²) in [6.07, 6.45) is 5.30. The van der Waals surface area contributed by atoms with Gasteiger partial charge in [-0.3, -0.25) is 4.90 Å². The van der Waals surface area contributed by atoms with Gasteiger partial charge in [-0.05, 0) is 26.2 Å². The van der Waals surface area contributed by atoms with Crippen molar-refractivity contribution in [1.29, 1.82) is 0 Å². The number of anilines is 3. The molecule has 1 aromatic heterocycles. The molecule has 2 aliphatic rings. The molecule has 0 radical (unpaired) electrons. The Balaban J connectivity index is 1.60. The molecule has 3 heterocycles. The van der Waals surface area contributed by atoms with Crippen molar-refractivity contribution in [3.8, 4) is 0 Å². The summed E-state index contributed by atoms with van der Waals surface area (Å²) < 4.78 is 5.37. The van der Waals surface area contributed by atoms with Gasteiger partial charge in [0.1, 0.15) is 12.0 Å². The molecule has 7 nitrogen and oxygen atoms in total. The van der Waals surface area contributed by atoms with Gasteiger partial charge in [0.05, 0.1) is 13.2 Å². The largest absolute Gasteiger partial charge is 0.393 e. The normalized spacial score (nSPS) is 23.0. The predicted molar refractivity (Wildman–Crippen MR) is 92.9 cm³/mol. The zero-order chi connectivity index (χ0) is 16.1. The second kappa shape index (κ2) is 7.79. The quantitative estimate of drug-likeness (QED) is 0.843. The van der Waals surface area contributed by atoms with E-state index < -0.39 is 0 Å². The molecular formula is C16H28N6O. The Kier molecular flexibility index (Phi) is 5.51. The average molecular weight is 320 g/mol. The number of aromatic nitrogens is 2. The van der Waals surface area contributed by atoms with Crippen LogP contribution < -0.4 is 16.0 Å². The smallest absolute Gasteiger partial charge is 0.157 e. The van der Waals surface area contributed by atoms with Gasteiger partial charge < -0.3 is 20.7 Å². The lowest BCUT2D eigenvalue weighted by Crippen LogP contribution is -2.39. The van der Waals surface area contributed by atoms with Crippen molar-refractivity contribution in [1.82, 2.24) is 14.9 Å². The van der Waals surface area contributed by atoms with Crippen molar-refractivity contribution in [2.75, 3.05) is 61.9 Å². The molecular weight excluding hydrogens is 292 g/mol. The van der Waals surface area contributed by atoms with Gasteiger partial charge in [0.2, 0.25) is 0 Å². The fraction of sp³-hybridized carbons (Fsp3) is 0.750. The van der Waals surface area contributed by atoms with Crippen LogP contribution in [0.25, 0.3) is 0 Å². The Hall–Kier alpha value is -1.60. The van der Waals surface area contributed by atoms with E-state index in [0.29, 0.717) is 11.7 Å². The van der Waals surface area contributed by atoms with E-state index in [9.17, 15) is 0 Å². The molecule has 1 unspecified atom stereocenters. The first kappa shape index (κ1) is 16.3. The summed E-state index contributed by atoms with van der Waals surface area (Å²) in [7, 11) is 0. The van der Waals surface area contributed by atoms with Crippen molar-refractivity contribution < 1.29 is 4.74 Å². The topological polar surface area (TPSA) is 79.5 Å². The number of nitrogens with zero attached hydrogens (tertiary/aromatic N) is 4. The number of hydrogen-bond donors (Lipinski definition) is 2. The van der Waals surface area contributed by atoms with Crippen LogP contribution in [0.15, 0.2) is 6.33 Å². The van der Waals surface area contributed by atoms with Gasteiger partial charge in [-0.1, -0.05) is 0 Å². The molecule has 1 aromatic rings. The Morgan fingerprint density at radius 2 is 2.09 bits per heavy atom. The van der Waals surface area contributed by atoms with Crippen LogP contribution in [0.3, 0.4) is 0 Å². The third-order valence-electron chi connectivity index (χ3n) is 4.76. The van der Waals surface area contributed by atoms with Gasteiger partial charge in [0, 0.05) is 38.8 Å². The molecule has 2 aliphatic heterocycles. The molecule has 0 bridgehead atoms. The Morgan fingerprint density at radius 3 is 2.87 bits per heavy atom. The maximum Gasteiger partial charge on any atom is 0.157 e. The van der Waals surface area contributed by atoms with E-state index in [1.807, 2.05) is 0 Å². The maximum absolute atomic E-state index is 6.33. The summed E-state index contributed by atoms with van der Waals surface area (Å²) in [5.74, 6) is 1.63. The van der Waals surface area contributed by atoms with Gasteiger partial charge in [-0.2, -0.15) is 0 Å². The van der Waals surface area contributed by atoms with Crippen LogP contribution in [0.2, 0.25) is 0 Å². The van der Waals surface area contributed by atoms with E-state index in [-0.39, 0.29) is 0 Å². The summed E-state index contributed by atoms with van der Waals surface area (Å²) >= 11 is 0. The van der Waals surface area contributed by atoms with Crippen LogP contribution >= 0.6 is 0 Å². The number of nitrogens with two attached hydrogens (primary N) is 1. The number of nitrogen functional groups attached to an aromatic ring is 1. The highest BCUT2D eigenvalue weighted by Crippen LogP contribution is 2.30. The minimum atomic E-state index is 0.488. The summed E-state index contributed by atoms with van der Waals surface area (Å²) in [6, 6.07) is 0.488. The molecule has 0 aromatic carbocycles. The first-order valence-electron chi connectivity index (χ1n) is 8.67. The van der Waals surface area contributed by atoms with Crippen molar-refractivity contribution in [2.24, 2.45) is 0 Å². The van der Waals surface area contributed by atoms with Gasteiger partial charge >= 0.3 is 0 Å². The van der Waals surface area contributed by atoms with Crippen LogP contribution in [0.4, 0.5) is 17.3 Å². The fourth-order valence-electron chi connectivity index (χ4n) is 3.33. The van der Waals surface area contributed by atoms with Crippen LogP contribution in [0.1, 0.15) is 26.2 Å². The van der Waals surface area contributed by atoms with E-state index >= 15 is 0 Å². The molecule has 128 valence electrons. The van der Waals surface area contributed by atoms with Crippen molar-refractivity contribution in [3.05, 3.63) is 6.33 Å². The number of ether oxygens (including phenoxy) is 1. The third kappa shape index (κ3) is 4.03. The highest BCUT2D eigenvalue weighted by molar-refractivity contribution is 5.75. The molecule has 2 fully saturated rings. The number of piperidine rings is 1. The second-order valence-electron chi connectivity index (χ2n) is 6.38. The van der Waals surface area contributed by atoms with E-state index in [1.165, 1.54) is 19.3 Å². The standard InChI is InChI=1S/C16H28N6O/c1-13-4-2-3-6-22(13)16-14(17)15(19-12-20-16)18-5-7-21-8-10-23-11-9-21/h12-13H,2-11,17H2,1H3,(H,18,19,20). The number of rotatable bonds is 5. The fourth-order valence-corrected chi connectivity index (χ4v) is 3.33. The molecule has 0 aliphatic carbocycles. The molecule has 0 amide bonds. The van der Waals surface area contributed by atoms with Gasteiger partial charge in [0.15, 0.2) is 11.6 Å². The SMILES string of the molecule is CC1CCCCN1c1ncnc(NCCN2CCOCC2)c1N. The zero-order valence-electron chi connectivity index (χ0n) is 14.0. The molecule has 0 saturated carbocycles. The van der Waals surface area contributed by atoms with Crippen LogP contribution in [0.5, 0.6) is 0 Å². The molecule has 3 rings (SSSR count). The van der Waals surface area contributed by atoms with Crippen molar-refractivity contribution in [3.63, 3.8) is 0 Å². The minimum absolute atomic E-state index is 0.488. The van der Waals surface area contributed by atoms with Crippen LogP contribution in [-0.2, 0) is 4.74 Å². The van der Waals surface area contributed by atoms with E-state index in [4.69, 9.17) is 10.5 Å². The maximum atomic E-state index is 6.33. The summed E-state index contributed by atoms with van der Waals surface area (Å²) in [5.41, 5.74) is 7.00. The zero-order valence-corrected chi connectivity index (χ0v) is 14.0. The van der Waals surface area contributed by atoms with Gasteiger partial charge in [0.25, 0.3) is 0 Å². The van der Waals surface area contributed by atoms with Crippen LogP contribution in [-0.4, -0.2) is 66.8 Å². The number of nitrogens with one attached hydrogen (secondary N) is 1. The van der Waals surface area contributed by atoms with E-state index in [2.05, 4.69) is 32.0 Å². The molecule has 23 heavy (non-hydrogen) atoms. The predicted octanol–water partition coefficient (Wildman–Crippen LogP) is 1.18. The minimum Gasteiger partial charge on any atom is -0.393 e. The Morgan fingerprint density at radius 1 is 1.26 bits per heavy atom. The third-order valence-corrected chi connectivity index (χ3v) is 4.76.